The minimum absolute atomic E-state index is 0.573. The van der Waals surface area contributed by atoms with E-state index in [1.165, 1.54) is 12.8 Å². The van der Waals surface area contributed by atoms with E-state index in [0.717, 1.165) is 18.6 Å². The van der Waals surface area contributed by atoms with Gasteiger partial charge in [-0.3, -0.25) is 0 Å². The normalized spacial score (nSPS) is 20.6. The summed E-state index contributed by atoms with van der Waals surface area (Å²) >= 11 is 0. The molecule has 1 unspecified atom stereocenters. The average molecular weight is 232 g/mol. The summed E-state index contributed by atoms with van der Waals surface area (Å²) in [5, 5.41) is 3.37. The maximum Gasteiger partial charge on any atom is 0.296 e. The highest BCUT2D eigenvalue weighted by molar-refractivity contribution is 5.70. The van der Waals surface area contributed by atoms with Gasteiger partial charge in [0.15, 0.2) is 5.65 Å². The first-order chi connectivity index (χ1) is 8.42. The fourth-order valence-electron chi connectivity index (χ4n) is 2.15. The second-order valence-electron chi connectivity index (χ2n) is 4.44. The second-order valence-corrected chi connectivity index (χ2v) is 4.44. The number of H-pyrrole nitrogens is 1. The number of pyridine rings is 1. The van der Waals surface area contributed by atoms with Gasteiger partial charge < -0.3 is 15.0 Å². The van der Waals surface area contributed by atoms with E-state index < -0.39 is 0 Å². The van der Waals surface area contributed by atoms with Crippen LogP contribution in [-0.4, -0.2) is 34.6 Å². The number of hydrogen-bond donors (Lipinski definition) is 2. The number of imidazole rings is 1. The van der Waals surface area contributed by atoms with Crippen molar-refractivity contribution >= 4 is 11.2 Å². The van der Waals surface area contributed by atoms with Crippen molar-refractivity contribution in [1.82, 2.24) is 20.3 Å². The summed E-state index contributed by atoms with van der Waals surface area (Å²) in [5.41, 5.74) is 1.63. The lowest BCUT2D eigenvalue weighted by atomic mass is 10.0. The Morgan fingerprint density at radius 1 is 1.47 bits per heavy atom. The van der Waals surface area contributed by atoms with Crippen LogP contribution in [-0.2, 0) is 0 Å². The molecule has 1 aliphatic rings. The van der Waals surface area contributed by atoms with Crippen molar-refractivity contribution in [3.63, 3.8) is 0 Å². The molecule has 3 rings (SSSR count). The quantitative estimate of drug-likeness (QED) is 0.838. The van der Waals surface area contributed by atoms with Crippen LogP contribution in [0.5, 0.6) is 6.01 Å². The van der Waals surface area contributed by atoms with Gasteiger partial charge in [-0.15, -0.1) is 0 Å². The topological polar surface area (TPSA) is 62.8 Å². The first kappa shape index (κ1) is 10.5. The minimum atomic E-state index is 0.573. The lowest BCUT2D eigenvalue weighted by molar-refractivity contribution is 0.207. The predicted octanol–water partition coefficient (Wildman–Crippen LogP) is 1.34. The molecule has 2 aromatic heterocycles. The fourth-order valence-corrected chi connectivity index (χ4v) is 2.15. The number of aromatic amines is 1. The van der Waals surface area contributed by atoms with Gasteiger partial charge in [-0.1, -0.05) is 0 Å². The van der Waals surface area contributed by atoms with Gasteiger partial charge in [-0.25, -0.2) is 4.98 Å². The molecule has 17 heavy (non-hydrogen) atoms. The Labute approximate surface area is 99.6 Å². The molecule has 0 bridgehead atoms. The SMILES string of the molecule is c1cnc2nc(OCC3CCCNC3)[nH]c2c1. The highest BCUT2D eigenvalue weighted by atomic mass is 16.5. The molecular weight excluding hydrogens is 216 g/mol. The van der Waals surface area contributed by atoms with Gasteiger partial charge in [0.1, 0.15) is 0 Å². The third kappa shape index (κ3) is 2.39. The Balaban J connectivity index is 1.64. The molecule has 0 saturated carbocycles. The molecule has 1 saturated heterocycles. The summed E-state index contributed by atoms with van der Waals surface area (Å²) in [5.74, 6) is 0.588. The smallest absolute Gasteiger partial charge is 0.296 e. The number of nitrogens with one attached hydrogen (secondary N) is 2. The van der Waals surface area contributed by atoms with Gasteiger partial charge in [-0.2, -0.15) is 4.98 Å². The number of hydrogen-bond acceptors (Lipinski definition) is 4. The van der Waals surface area contributed by atoms with Crippen molar-refractivity contribution in [2.75, 3.05) is 19.7 Å². The molecule has 90 valence electrons. The van der Waals surface area contributed by atoms with Crippen LogP contribution in [0.4, 0.5) is 0 Å². The maximum atomic E-state index is 5.68. The summed E-state index contributed by atoms with van der Waals surface area (Å²) in [6.45, 7) is 2.89. The molecule has 2 aromatic rings. The van der Waals surface area contributed by atoms with Crippen LogP contribution in [0, 0.1) is 5.92 Å². The zero-order valence-corrected chi connectivity index (χ0v) is 9.65. The molecule has 3 heterocycles. The zero-order chi connectivity index (χ0) is 11.5. The number of fused-ring (bicyclic) bond motifs is 1. The molecule has 0 aliphatic carbocycles. The van der Waals surface area contributed by atoms with Gasteiger partial charge >= 0.3 is 0 Å². The van der Waals surface area contributed by atoms with Crippen LogP contribution in [0.3, 0.4) is 0 Å². The van der Waals surface area contributed by atoms with Crippen molar-refractivity contribution in [2.24, 2.45) is 5.92 Å². The van der Waals surface area contributed by atoms with Crippen LogP contribution in [0.1, 0.15) is 12.8 Å². The average Bonchev–Trinajstić information content (AvgIpc) is 2.80. The van der Waals surface area contributed by atoms with Gasteiger partial charge in [0, 0.05) is 18.7 Å². The fraction of sp³-hybridized carbons (Fsp3) is 0.500. The Morgan fingerprint density at radius 3 is 3.29 bits per heavy atom. The minimum Gasteiger partial charge on any atom is -0.464 e. The van der Waals surface area contributed by atoms with Gasteiger partial charge in [0.25, 0.3) is 6.01 Å². The summed E-state index contributed by atoms with van der Waals surface area (Å²) in [7, 11) is 0. The van der Waals surface area contributed by atoms with E-state index >= 15 is 0 Å². The van der Waals surface area contributed by atoms with Gasteiger partial charge in [-0.05, 0) is 31.5 Å². The standard InChI is InChI=1S/C12H16N4O/c1-3-9(7-13-5-1)8-17-12-15-10-4-2-6-14-11(10)16-12/h2,4,6,9,13H,1,3,5,7-8H2,(H,14,15,16). The molecule has 5 nitrogen and oxygen atoms in total. The Morgan fingerprint density at radius 2 is 2.47 bits per heavy atom. The second kappa shape index (κ2) is 4.71. The Hall–Kier alpha value is -1.62. The largest absolute Gasteiger partial charge is 0.464 e. The predicted molar refractivity (Wildman–Crippen MR) is 65.0 cm³/mol. The molecule has 1 aliphatic heterocycles. The molecule has 1 fully saturated rings. The Kier molecular flexibility index (Phi) is 2.92. The third-order valence-electron chi connectivity index (χ3n) is 3.09. The summed E-state index contributed by atoms with van der Waals surface area (Å²) in [4.78, 5) is 11.6. The number of ether oxygens (including phenoxy) is 1. The molecule has 0 spiro atoms. The lowest BCUT2D eigenvalue weighted by Gasteiger charge is -2.21. The first-order valence-corrected chi connectivity index (χ1v) is 6.06. The third-order valence-corrected chi connectivity index (χ3v) is 3.09. The van der Waals surface area contributed by atoms with Crippen molar-refractivity contribution in [3.8, 4) is 6.01 Å². The van der Waals surface area contributed by atoms with E-state index in [9.17, 15) is 0 Å². The van der Waals surface area contributed by atoms with Crippen LogP contribution in [0.2, 0.25) is 0 Å². The number of piperidine rings is 1. The molecule has 0 radical (unpaired) electrons. The van der Waals surface area contributed by atoms with E-state index in [4.69, 9.17) is 4.74 Å². The van der Waals surface area contributed by atoms with E-state index in [0.29, 0.717) is 24.2 Å². The van der Waals surface area contributed by atoms with Gasteiger partial charge in [0.05, 0.1) is 12.1 Å². The molecule has 2 N–H and O–H groups in total. The highest BCUT2D eigenvalue weighted by Crippen LogP contribution is 2.15. The van der Waals surface area contributed by atoms with E-state index in [1.54, 1.807) is 6.20 Å². The van der Waals surface area contributed by atoms with Crippen LogP contribution in [0.15, 0.2) is 18.3 Å². The maximum absolute atomic E-state index is 5.68. The van der Waals surface area contributed by atoms with Crippen LogP contribution < -0.4 is 10.1 Å². The molecule has 5 heteroatoms. The van der Waals surface area contributed by atoms with Crippen molar-refractivity contribution in [3.05, 3.63) is 18.3 Å². The molecular formula is C12H16N4O. The molecule has 0 amide bonds. The van der Waals surface area contributed by atoms with E-state index in [1.807, 2.05) is 12.1 Å². The highest BCUT2D eigenvalue weighted by Gasteiger charge is 2.14. The van der Waals surface area contributed by atoms with Crippen molar-refractivity contribution < 1.29 is 4.74 Å². The Bertz CT molecular complexity index is 457. The summed E-state index contributed by atoms with van der Waals surface area (Å²) in [6.07, 6.45) is 4.19. The van der Waals surface area contributed by atoms with Gasteiger partial charge in [0.2, 0.25) is 0 Å². The van der Waals surface area contributed by atoms with E-state index in [2.05, 4.69) is 20.3 Å². The number of aromatic nitrogens is 3. The molecule has 1 atom stereocenters. The summed E-state index contributed by atoms with van der Waals surface area (Å²) < 4.78 is 5.68. The first-order valence-electron chi connectivity index (χ1n) is 6.06. The van der Waals surface area contributed by atoms with Crippen molar-refractivity contribution in [1.29, 1.82) is 0 Å². The zero-order valence-electron chi connectivity index (χ0n) is 9.65. The number of nitrogens with zero attached hydrogens (tertiary/aromatic N) is 2. The van der Waals surface area contributed by atoms with Crippen molar-refractivity contribution in [2.45, 2.75) is 12.8 Å². The monoisotopic (exact) mass is 232 g/mol. The number of rotatable bonds is 3. The van der Waals surface area contributed by atoms with Crippen LogP contribution >= 0.6 is 0 Å². The lowest BCUT2D eigenvalue weighted by Crippen LogP contribution is -2.33. The van der Waals surface area contributed by atoms with Crippen LogP contribution in [0.25, 0.3) is 11.2 Å². The molecule has 0 aromatic carbocycles. The van der Waals surface area contributed by atoms with E-state index in [-0.39, 0.29) is 0 Å². The summed E-state index contributed by atoms with van der Waals surface area (Å²) in [6, 6.07) is 4.41.